The summed E-state index contributed by atoms with van der Waals surface area (Å²) in [7, 11) is 0. The number of aliphatic hydroxyl groups is 1. The number of hydrogen-bond donors (Lipinski definition) is 1. The van der Waals surface area contributed by atoms with Gasteiger partial charge in [-0.25, -0.2) is 0 Å². The van der Waals surface area contributed by atoms with E-state index >= 15 is 0 Å². The molecule has 8 nitrogen and oxygen atoms in total. The Kier molecular flexibility index (Phi) is 8.01. The number of carbonyl (C=O) groups excluding carboxylic acids is 3. The summed E-state index contributed by atoms with van der Waals surface area (Å²) >= 11 is 0. The fraction of sp³-hybridized carbons (Fsp3) is 0.741. The van der Waals surface area contributed by atoms with E-state index in [9.17, 15) is 14.4 Å². The van der Waals surface area contributed by atoms with E-state index in [4.69, 9.17) is 14.6 Å². The molecule has 194 valence electrons. The van der Waals surface area contributed by atoms with Crippen LogP contribution in [0.4, 0.5) is 0 Å². The molecule has 0 radical (unpaired) electrons. The van der Waals surface area contributed by atoms with E-state index in [1.807, 2.05) is 30.1 Å². The van der Waals surface area contributed by atoms with E-state index in [1.54, 1.807) is 11.0 Å². The molecule has 1 N–H and O–H groups in total. The second-order valence-electron chi connectivity index (χ2n) is 10.2. The van der Waals surface area contributed by atoms with Crippen LogP contribution in [0.25, 0.3) is 0 Å². The summed E-state index contributed by atoms with van der Waals surface area (Å²) in [5.74, 6) is -2.31. The molecule has 2 saturated heterocycles. The molecule has 4 aliphatic heterocycles. The lowest BCUT2D eigenvalue weighted by atomic mass is 9.73. The smallest absolute Gasteiger partial charge is 0.313 e. The minimum absolute atomic E-state index is 0.0997. The van der Waals surface area contributed by atoms with Crippen molar-refractivity contribution in [1.29, 1.82) is 0 Å². The zero-order valence-electron chi connectivity index (χ0n) is 21.1. The fourth-order valence-electron chi connectivity index (χ4n) is 6.38. The van der Waals surface area contributed by atoms with Gasteiger partial charge in [-0.05, 0) is 31.8 Å². The zero-order valence-corrected chi connectivity index (χ0v) is 21.1. The van der Waals surface area contributed by atoms with E-state index in [1.165, 1.54) is 0 Å². The summed E-state index contributed by atoms with van der Waals surface area (Å²) in [6.07, 6.45) is 14.2. The molecule has 35 heavy (non-hydrogen) atoms. The van der Waals surface area contributed by atoms with Gasteiger partial charge in [-0.2, -0.15) is 0 Å². The Bertz CT molecular complexity index is 872. The molecular formula is C27H40N2O6. The average molecular weight is 489 g/mol. The summed E-state index contributed by atoms with van der Waals surface area (Å²) in [5.41, 5.74) is -2.17. The highest BCUT2D eigenvalue weighted by Gasteiger charge is 2.75. The normalized spacial score (nSPS) is 33.9. The van der Waals surface area contributed by atoms with Crippen molar-refractivity contribution in [1.82, 2.24) is 9.80 Å². The van der Waals surface area contributed by atoms with Gasteiger partial charge in [0.05, 0.1) is 5.92 Å². The number of unbranched alkanes of at least 4 members (excludes halogenated alkanes) is 5. The van der Waals surface area contributed by atoms with Gasteiger partial charge >= 0.3 is 5.97 Å². The van der Waals surface area contributed by atoms with E-state index in [2.05, 4.69) is 6.92 Å². The van der Waals surface area contributed by atoms with Crippen molar-refractivity contribution >= 4 is 17.8 Å². The Labute approximate surface area is 208 Å². The Balaban J connectivity index is 1.71. The van der Waals surface area contributed by atoms with E-state index < -0.39 is 35.0 Å². The number of cyclic esters (lactones) is 1. The van der Waals surface area contributed by atoms with Gasteiger partial charge in [0.25, 0.3) is 0 Å². The Morgan fingerprint density at radius 3 is 2.46 bits per heavy atom. The minimum Gasteiger partial charge on any atom is -0.461 e. The van der Waals surface area contributed by atoms with Crippen molar-refractivity contribution in [3.8, 4) is 0 Å². The maximum absolute atomic E-state index is 14.0. The van der Waals surface area contributed by atoms with Crippen molar-refractivity contribution in [2.45, 2.75) is 82.5 Å². The first-order valence-corrected chi connectivity index (χ1v) is 13.4. The van der Waals surface area contributed by atoms with Crippen LogP contribution in [-0.4, -0.2) is 82.8 Å². The second kappa shape index (κ2) is 10.8. The number of nitrogens with zero attached hydrogens (tertiary/aromatic N) is 2. The zero-order chi connectivity index (χ0) is 25.1. The molecule has 0 bridgehead atoms. The van der Waals surface area contributed by atoms with Crippen molar-refractivity contribution in [2.24, 2.45) is 11.8 Å². The molecule has 0 aromatic carbocycles. The molecule has 4 heterocycles. The highest BCUT2D eigenvalue weighted by Crippen LogP contribution is 2.58. The average Bonchev–Trinajstić information content (AvgIpc) is 3.12. The summed E-state index contributed by atoms with van der Waals surface area (Å²) in [6, 6.07) is -0.797. The van der Waals surface area contributed by atoms with Crippen molar-refractivity contribution in [3.05, 3.63) is 24.3 Å². The molecule has 0 aromatic rings. The quantitative estimate of drug-likeness (QED) is 0.273. The standard InChI is InChI=1S/C27H40N2O6/c1-3-5-8-15-28-16-11-14-27-20(21-25(33)34-19-12-13-26(21,4-2)35-27)23(31)29(22(27)24(28)32)17-9-6-7-10-18-30/h11-14,20-22,30H,3-10,15-19H2,1-2H3/t20-,21-,22?,26+,27-/m0/s1. The summed E-state index contributed by atoms with van der Waals surface area (Å²) < 4.78 is 12.3. The van der Waals surface area contributed by atoms with Gasteiger partial charge < -0.3 is 24.4 Å². The molecule has 0 aromatic heterocycles. The molecule has 8 heteroatoms. The molecule has 0 saturated carbocycles. The van der Waals surface area contributed by atoms with Crippen LogP contribution in [0.3, 0.4) is 0 Å². The first-order chi connectivity index (χ1) is 17.0. The third kappa shape index (κ3) is 4.44. The summed E-state index contributed by atoms with van der Waals surface area (Å²) in [5, 5.41) is 9.08. The summed E-state index contributed by atoms with van der Waals surface area (Å²) in [6.45, 7) is 5.92. The predicted molar refractivity (Wildman–Crippen MR) is 130 cm³/mol. The molecule has 4 aliphatic rings. The molecular weight excluding hydrogens is 448 g/mol. The van der Waals surface area contributed by atoms with Gasteiger partial charge in [0, 0.05) is 26.2 Å². The molecule has 2 fully saturated rings. The first-order valence-electron chi connectivity index (χ1n) is 13.4. The SMILES string of the molecule is CCCCCN1CC=C[C@]23O[C@]4(CC)C=CCOC(=O)[C@@H]4[C@H]2C(=O)N(CCCCCCO)C3C1=O. The van der Waals surface area contributed by atoms with Crippen LogP contribution in [-0.2, 0) is 23.9 Å². The summed E-state index contributed by atoms with van der Waals surface area (Å²) in [4.78, 5) is 44.8. The van der Waals surface area contributed by atoms with E-state index in [0.29, 0.717) is 26.1 Å². The van der Waals surface area contributed by atoms with E-state index in [-0.39, 0.29) is 25.0 Å². The molecule has 2 amide bonds. The number of esters is 1. The first kappa shape index (κ1) is 25.9. The van der Waals surface area contributed by atoms with Crippen LogP contribution in [0, 0.1) is 11.8 Å². The second-order valence-corrected chi connectivity index (χ2v) is 10.2. The highest BCUT2D eigenvalue weighted by molar-refractivity contribution is 5.99. The van der Waals surface area contributed by atoms with Crippen LogP contribution in [0.2, 0.25) is 0 Å². The minimum atomic E-state index is -1.19. The van der Waals surface area contributed by atoms with Gasteiger partial charge in [-0.1, -0.05) is 57.8 Å². The number of aliphatic hydroxyl groups excluding tert-OH is 1. The Hall–Kier alpha value is -2.19. The third-order valence-electron chi connectivity index (χ3n) is 8.12. The number of rotatable bonds is 11. The monoisotopic (exact) mass is 488 g/mol. The van der Waals surface area contributed by atoms with Gasteiger partial charge in [-0.15, -0.1) is 0 Å². The van der Waals surface area contributed by atoms with Crippen molar-refractivity contribution in [2.75, 3.05) is 32.8 Å². The van der Waals surface area contributed by atoms with Gasteiger partial charge in [0.15, 0.2) is 0 Å². The number of fused-ring (bicyclic) bond motifs is 2. The number of carbonyl (C=O) groups is 3. The van der Waals surface area contributed by atoms with Crippen LogP contribution < -0.4 is 0 Å². The third-order valence-corrected chi connectivity index (χ3v) is 8.12. The van der Waals surface area contributed by atoms with E-state index in [0.717, 1.165) is 44.9 Å². The lowest BCUT2D eigenvalue weighted by Gasteiger charge is -2.38. The molecule has 1 spiro atoms. The number of likely N-dealkylation sites (tertiary alicyclic amines) is 1. The maximum Gasteiger partial charge on any atom is 0.313 e. The van der Waals surface area contributed by atoms with Gasteiger partial charge in [-0.3, -0.25) is 14.4 Å². The van der Waals surface area contributed by atoms with Crippen LogP contribution >= 0.6 is 0 Å². The molecule has 1 unspecified atom stereocenters. The number of hydrogen-bond acceptors (Lipinski definition) is 6. The number of amides is 2. The predicted octanol–water partition coefficient (Wildman–Crippen LogP) is 2.60. The Morgan fingerprint density at radius 1 is 0.943 bits per heavy atom. The molecule has 4 rings (SSSR count). The topological polar surface area (TPSA) is 96.4 Å². The molecule has 0 aliphatic carbocycles. The Morgan fingerprint density at radius 2 is 1.71 bits per heavy atom. The van der Waals surface area contributed by atoms with Crippen molar-refractivity contribution in [3.63, 3.8) is 0 Å². The van der Waals surface area contributed by atoms with Gasteiger partial charge in [0.1, 0.15) is 29.8 Å². The largest absolute Gasteiger partial charge is 0.461 e. The maximum atomic E-state index is 14.0. The van der Waals surface area contributed by atoms with Crippen LogP contribution in [0.15, 0.2) is 24.3 Å². The fourth-order valence-corrected chi connectivity index (χ4v) is 6.38. The number of ether oxygens (including phenoxy) is 2. The lowest BCUT2D eigenvalue weighted by molar-refractivity contribution is -0.159. The lowest BCUT2D eigenvalue weighted by Crippen LogP contribution is -2.56. The molecule has 5 atom stereocenters. The van der Waals surface area contributed by atoms with Gasteiger partial charge in [0.2, 0.25) is 11.8 Å². The van der Waals surface area contributed by atoms with Crippen LogP contribution in [0.5, 0.6) is 0 Å². The van der Waals surface area contributed by atoms with Crippen molar-refractivity contribution < 1.29 is 29.0 Å². The van der Waals surface area contributed by atoms with Crippen LogP contribution in [0.1, 0.15) is 65.2 Å². The highest BCUT2D eigenvalue weighted by atomic mass is 16.6.